The van der Waals surface area contributed by atoms with Crippen LogP contribution in [0.4, 0.5) is 0 Å². The van der Waals surface area contributed by atoms with Crippen LogP contribution in [-0.4, -0.2) is 29.7 Å². The van der Waals surface area contributed by atoms with Gasteiger partial charge in [0.1, 0.15) is 28.9 Å². The molecule has 6 nitrogen and oxygen atoms in total. The van der Waals surface area contributed by atoms with E-state index < -0.39 is 6.10 Å². The summed E-state index contributed by atoms with van der Waals surface area (Å²) in [6, 6.07) is 8.10. The number of unbranched alkanes of at least 4 members (excludes halogenated alkanes) is 13. The zero-order valence-electron chi connectivity index (χ0n) is 23.3. The average molecular weight is 527 g/mol. The maximum absolute atomic E-state index is 12.7. The second-order valence-corrected chi connectivity index (χ2v) is 10.4. The van der Waals surface area contributed by atoms with E-state index in [2.05, 4.69) is 6.92 Å². The van der Waals surface area contributed by atoms with Gasteiger partial charge in [-0.3, -0.25) is 4.79 Å². The van der Waals surface area contributed by atoms with Gasteiger partial charge in [0, 0.05) is 12.1 Å². The van der Waals surface area contributed by atoms with Crippen molar-refractivity contribution in [1.82, 2.24) is 0 Å². The highest BCUT2D eigenvalue weighted by Crippen LogP contribution is 2.43. The van der Waals surface area contributed by atoms with Gasteiger partial charge in [0.15, 0.2) is 17.3 Å². The van der Waals surface area contributed by atoms with Gasteiger partial charge in [0.25, 0.3) is 0 Å². The summed E-state index contributed by atoms with van der Waals surface area (Å²) in [5.74, 6) is 0.801. The minimum atomic E-state index is -0.563. The summed E-state index contributed by atoms with van der Waals surface area (Å²) in [6.45, 7) is 2.82. The van der Waals surface area contributed by atoms with Gasteiger partial charge in [-0.2, -0.15) is 0 Å². The number of ketones is 1. The lowest BCUT2D eigenvalue weighted by molar-refractivity contribution is 0.0844. The normalized spacial score (nSPS) is 14.7. The summed E-state index contributed by atoms with van der Waals surface area (Å²) in [7, 11) is 1.48. The molecule has 0 amide bonds. The van der Waals surface area contributed by atoms with Crippen molar-refractivity contribution in [2.45, 2.75) is 109 Å². The first-order valence-electron chi connectivity index (χ1n) is 14.6. The number of phenolic OH excluding ortho intramolecular Hbond substituents is 2. The predicted molar refractivity (Wildman–Crippen MR) is 151 cm³/mol. The minimum absolute atomic E-state index is 0.0139. The Kier molecular flexibility index (Phi) is 12.6. The van der Waals surface area contributed by atoms with Crippen LogP contribution in [-0.2, 0) is 0 Å². The first-order chi connectivity index (χ1) is 18.5. The van der Waals surface area contributed by atoms with Crippen LogP contribution in [0.3, 0.4) is 0 Å². The van der Waals surface area contributed by atoms with Crippen LogP contribution in [0.15, 0.2) is 30.3 Å². The Morgan fingerprint density at radius 3 is 2.00 bits per heavy atom. The van der Waals surface area contributed by atoms with Crippen molar-refractivity contribution in [2.75, 3.05) is 13.7 Å². The quantitative estimate of drug-likeness (QED) is 0.189. The second kappa shape index (κ2) is 16.2. The van der Waals surface area contributed by atoms with Gasteiger partial charge in [0.2, 0.25) is 0 Å². The number of ether oxygens (including phenoxy) is 3. The van der Waals surface area contributed by atoms with E-state index in [1.165, 1.54) is 96.3 Å². The van der Waals surface area contributed by atoms with E-state index >= 15 is 0 Å². The first kappa shape index (κ1) is 29.7. The molecule has 0 saturated carbocycles. The molecule has 2 aromatic rings. The van der Waals surface area contributed by atoms with Crippen LogP contribution in [0.1, 0.15) is 125 Å². The molecular formula is C32H46O6. The van der Waals surface area contributed by atoms with Crippen molar-refractivity contribution in [1.29, 1.82) is 0 Å². The lowest BCUT2D eigenvalue weighted by Gasteiger charge is -2.26. The van der Waals surface area contributed by atoms with E-state index in [-0.39, 0.29) is 29.3 Å². The number of hydrogen-bond acceptors (Lipinski definition) is 6. The smallest absolute Gasteiger partial charge is 0.174 e. The molecule has 0 spiro atoms. The van der Waals surface area contributed by atoms with E-state index in [0.29, 0.717) is 29.4 Å². The summed E-state index contributed by atoms with van der Waals surface area (Å²) in [5.41, 5.74) is 0.846. The van der Waals surface area contributed by atoms with Gasteiger partial charge in [-0.05, 0) is 24.1 Å². The van der Waals surface area contributed by atoms with E-state index in [0.717, 1.165) is 12.8 Å². The fourth-order valence-corrected chi connectivity index (χ4v) is 5.08. The highest BCUT2D eigenvalue weighted by Gasteiger charge is 2.31. The SMILES string of the molecule is CCCCCCCCCCCCCCCCOc1cc(O)c2c(c1)OC(c1ccc(OC)c(O)c1)CC2=O. The fourth-order valence-electron chi connectivity index (χ4n) is 5.08. The third kappa shape index (κ3) is 9.14. The molecule has 2 aromatic carbocycles. The van der Waals surface area contributed by atoms with Gasteiger partial charge in [0.05, 0.1) is 20.1 Å². The van der Waals surface area contributed by atoms with Crippen LogP contribution < -0.4 is 14.2 Å². The van der Waals surface area contributed by atoms with Crippen molar-refractivity contribution in [2.24, 2.45) is 0 Å². The molecule has 0 saturated heterocycles. The number of fused-ring (bicyclic) bond motifs is 1. The summed E-state index contributed by atoms with van der Waals surface area (Å²) in [5, 5.41) is 20.6. The number of hydrogen-bond donors (Lipinski definition) is 2. The third-order valence-electron chi connectivity index (χ3n) is 7.32. The van der Waals surface area contributed by atoms with E-state index in [4.69, 9.17) is 14.2 Å². The Balaban J connectivity index is 1.35. The number of Topliss-reactive ketones (excluding diaryl/α,β-unsaturated/α-hetero) is 1. The Morgan fingerprint density at radius 2 is 1.42 bits per heavy atom. The molecule has 6 heteroatoms. The van der Waals surface area contributed by atoms with Gasteiger partial charge in [-0.1, -0.05) is 96.5 Å². The standard InChI is InChI=1S/C32H46O6/c1-3-4-5-6-7-8-9-10-11-12-13-14-15-16-19-37-25-21-27(34)32-28(35)23-30(38-31(32)22-25)24-17-18-29(36-2)26(33)20-24/h17-18,20-22,30,33-34H,3-16,19,23H2,1-2H3. The number of aromatic hydroxyl groups is 2. The molecule has 1 heterocycles. The molecule has 0 aromatic heterocycles. The molecule has 0 aliphatic carbocycles. The Labute approximate surface area is 228 Å². The molecule has 1 aliphatic heterocycles. The largest absolute Gasteiger partial charge is 0.507 e. The topological polar surface area (TPSA) is 85.2 Å². The minimum Gasteiger partial charge on any atom is -0.507 e. The number of phenols is 2. The van der Waals surface area contributed by atoms with Crippen LogP contribution in [0.25, 0.3) is 0 Å². The number of carbonyl (C=O) groups is 1. The van der Waals surface area contributed by atoms with E-state index in [1.54, 1.807) is 18.2 Å². The maximum atomic E-state index is 12.7. The highest BCUT2D eigenvalue weighted by molar-refractivity contribution is 6.02. The fraction of sp³-hybridized carbons (Fsp3) is 0.594. The summed E-state index contributed by atoms with van der Waals surface area (Å²) < 4.78 is 17.0. The van der Waals surface area contributed by atoms with Crippen LogP contribution in [0.2, 0.25) is 0 Å². The summed E-state index contributed by atoms with van der Waals surface area (Å²) in [6.07, 6.45) is 17.8. The van der Waals surface area contributed by atoms with Crippen LogP contribution in [0.5, 0.6) is 28.7 Å². The van der Waals surface area contributed by atoms with Crippen molar-refractivity contribution >= 4 is 5.78 Å². The average Bonchev–Trinajstić information content (AvgIpc) is 2.90. The monoisotopic (exact) mass is 526 g/mol. The second-order valence-electron chi connectivity index (χ2n) is 10.4. The molecule has 1 atom stereocenters. The number of methoxy groups -OCH3 is 1. The van der Waals surface area contributed by atoms with Gasteiger partial charge in [-0.25, -0.2) is 0 Å². The van der Waals surface area contributed by atoms with Crippen molar-refractivity contribution in [3.8, 4) is 28.7 Å². The molecule has 1 unspecified atom stereocenters. The maximum Gasteiger partial charge on any atom is 0.174 e. The molecule has 2 N–H and O–H groups in total. The Bertz CT molecular complexity index is 1000. The van der Waals surface area contributed by atoms with Crippen molar-refractivity contribution < 1.29 is 29.2 Å². The van der Waals surface area contributed by atoms with Gasteiger partial charge in [-0.15, -0.1) is 0 Å². The lowest BCUT2D eigenvalue weighted by atomic mass is 9.95. The molecular weight excluding hydrogens is 480 g/mol. The summed E-state index contributed by atoms with van der Waals surface area (Å²) in [4.78, 5) is 12.7. The van der Waals surface area contributed by atoms with Crippen LogP contribution >= 0.6 is 0 Å². The predicted octanol–water partition coefficient (Wildman–Crippen LogP) is 8.67. The van der Waals surface area contributed by atoms with Crippen molar-refractivity contribution in [3.05, 3.63) is 41.5 Å². The molecule has 38 heavy (non-hydrogen) atoms. The molecule has 0 bridgehead atoms. The zero-order valence-corrected chi connectivity index (χ0v) is 23.3. The number of benzene rings is 2. The Hall–Kier alpha value is -2.89. The third-order valence-corrected chi connectivity index (χ3v) is 7.32. The van der Waals surface area contributed by atoms with Crippen molar-refractivity contribution in [3.63, 3.8) is 0 Å². The number of rotatable bonds is 18. The molecule has 3 rings (SSSR count). The molecule has 210 valence electrons. The van der Waals surface area contributed by atoms with Crippen LogP contribution in [0, 0.1) is 0 Å². The van der Waals surface area contributed by atoms with E-state index in [1.807, 2.05) is 0 Å². The highest BCUT2D eigenvalue weighted by atomic mass is 16.5. The lowest BCUT2D eigenvalue weighted by Crippen LogP contribution is -2.20. The molecule has 0 fully saturated rings. The van der Waals surface area contributed by atoms with Gasteiger partial charge < -0.3 is 24.4 Å². The summed E-state index contributed by atoms with van der Waals surface area (Å²) >= 11 is 0. The molecule has 0 radical (unpaired) electrons. The van der Waals surface area contributed by atoms with Gasteiger partial charge >= 0.3 is 0 Å². The zero-order chi connectivity index (χ0) is 27.2. The number of carbonyl (C=O) groups excluding carboxylic acids is 1. The van der Waals surface area contributed by atoms with E-state index in [9.17, 15) is 15.0 Å². The molecule has 1 aliphatic rings. The Morgan fingerprint density at radius 1 is 0.816 bits per heavy atom. The first-order valence-corrected chi connectivity index (χ1v) is 14.6.